The zero-order chi connectivity index (χ0) is 14.9. The van der Waals surface area contributed by atoms with Crippen LogP contribution in [-0.2, 0) is 5.41 Å². The molecule has 0 atom stereocenters. The van der Waals surface area contributed by atoms with E-state index in [2.05, 4.69) is 27.9 Å². The van der Waals surface area contributed by atoms with Gasteiger partial charge in [-0.15, -0.1) is 0 Å². The van der Waals surface area contributed by atoms with Gasteiger partial charge < -0.3 is 9.88 Å². The van der Waals surface area contributed by atoms with E-state index in [-0.39, 0.29) is 5.41 Å². The maximum absolute atomic E-state index is 8.98. The summed E-state index contributed by atoms with van der Waals surface area (Å²) in [6, 6.07) is 7.59. The Morgan fingerprint density at radius 1 is 1.38 bits per heavy atom. The fourth-order valence-corrected chi connectivity index (χ4v) is 3.14. The van der Waals surface area contributed by atoms with Crippen LogP contribution in [0.15, 0.2) is 30.7 Å². The average Bonchev–Trinajstić information content (AvgIpc) is 2.98. The summed E-state index contributed by atoms with van der Waals surface area (Å²) < 4.78 is 2.08. The molecule has 108 valence electrons. The third-order valence-electron chi connectivity index (χ3n) is 4.32. The standard InChI is InChI=1S/C16H17ClN4/c1-16(4-6-19-7-5-16)15-10-20-11-21(15)13-3-2-12(9-18)14(17)8-13/h2-3,8,10-11,19H,4-7H2,1H3. The maximum Gasteiger partial charge on any atom is 0.101 e. The average molecular weight is 301 g/mol. The van der Waals surface area contributed by atoms with Crippen molar-refractivity contribution in [3.8, 4) is 11.8 Å². The third kappa shape index (κ3) is 2.55. The molecule has 5 heteroatoms. The van der Waals surface area contributed by atoms with Crippen molar-refractivity contribution in [3.63, 3.8) is 0 Å². The third-order valence-corrected chi connectivity index (χ3v) is 4.63. The molecule has 21 heavy (non-hydrogen) atoms. The molecule has 2 aromatic rings. The van der Waals surface area contributed by atoms with E-state index in [1.165, 1.54) is 5.69 Å². The largest absolute Gasteiger partial charge is 0.317 e. The van der Waals surface area contributed by atoms with Crippen molar-refractivity contribution < 1.29 is 0 Å². The second-order valence-corrected chi connectivity index (χ2v) is 6.14. The van der Waals surface area contributed by atoms with Gasteiger partial charge >= 0.3 is 0 Å². The van der Waals surface area contributed by atoms with E-state index < -0.39 is 0 Å². The molecule has 0 spiro atoms. The summed E-state index contributed by atoms with van der Waals surface area (Å²) in [4.78, 5) is 4.33. The lowest BCUT2D eigenvalue weighted by molar-refractivity contribution is 0.324. The molecule has 3 rings (SSSR count). The lowest BCUT2D eigenvalue weighted by Gasteiger charge is -2.34. The Morgan fingerprint density at radius 3 is 2.81 bits per heavy atom. The molecule has 0 radical (unpaired) electrons. The number of imidazole rings is 1. The summed E-state index contributed by atoms with van der Waals surface area (Å²) in [5.41, 5.74) is 2.76. The number of hydrogen-bond acceptors (Lipinski definition) is 3. The highest BCUT2D eigenvalue weighted by Gasteiger charge is 2.32. The SMILES string of the molecule is CC1(c2cncn2-c2ccc(C#N)c(Cl)c2)CCNCC1. The van der Waals surface area contributed by atoms with E-state index in [4.69, 9.17) is 16.9 Å². The molecule has 0 amide bonds. The second-order valence-electron chi connectivity index (χ2n) is 5.74. The van der Waals surface area contributed by atoms with Crippen molar-refractivity contribution in [1.29, 1.82) is 5.26 Å². The van der Waals surface area contributed by atoms with Crippen LogP contribution in [0.4, 0.5) is 0 Å². The van der Waals surface area contributed by atoms with Gasteiger partial charge in [-0.05, 0) is 44.1 Å². The summed E-state index contributed by atoms with van der Waals surface area (Å²) in [5.74, 6) is 0. The molecule has 1 aromatic carbocycles. The first-order chi connectivity index (χ1) is 10.1. The van der Waals surface area contributed by atoms with Crippen LogP contribution < -0.4 is 5.32 Å². The molecular formula is C16H17ClN4. The molecule has 1 aromatic heterocycles. The first kappa shape index (κ1) is 14.1. The van der Waals surface area contributed by atoms with E-state index in [0.717, 1.165) is 31.6 Å². The zero-order valence-corrected chi connectivity index (χ0v) is 12.7. The van der Waals surface area contributed by atoms with Crippen molar-refractivity contribution in [3.05, 3.63) is 47.0 Å². The molecule has 2 heterocycles. The number of nitriles is 1. The Labute approximate surface area is 129 Å². The number of aromatic nitrogens is 2. The summed E-state index contributed by atoms with van der Waals surface area (Å²) >= 11 is 6.15. The predicted molar refractivity (Wildman–Crippen MR) is 82.7 cm³/mol. The Kier molecular flexibility index (Phi) is 3.71. The predicted octanol–water partition coefficient (Wildman–Crippen LogP) is 3.04. The van der Waals surface area contributed by atoms with Gasteiger partial charge in [0.2, 0.25) is 0 Å². The molecule has 0 bridgehead atoms. The molecule has 1 N–H and O–H groups in total. The molecular weight excluding hydrogens is 284 g/mol. The molecule has 4 nitrogen and oxygen atoms in total. The first-order valence-electron chi connectivity index (χ1n) is 7.08. The number of benzene rings is 1. The van der Waals surface area contributed by atoms with Crippen LogP contribution >= 0.6 is 11.6 Å². The monoisotopic (exact) mass is 300 g/mol. The van der Waals surface area contributed by atoms with Crippen molar-refractivity contribution >= 4 is 11.6 Å². The van der Waals surface area contributed by atoms with Gasteiger partial charge in [0.25, 0.3) is 0 Å². The normalized spacial score (nSPS) is 17.4. The van der Waals surface area contributed by atoms with Gasteiger partial charge in [0.15, 0.2) is 0 Å². The van der Waals surface area contributed by atoms with E-state index >= 15 is 0 Å². The Hall–Kier alpha value is -1.83. The number of nitrogens with zero attached hydrogens (tertiary/aromatic N) is 3. The van der Waals surface area contributed by atoms with Crippen LogP contribution in [0.1, 0.15) is 31.0 Å². The lowest BCUT2D eigenvalue weighted by Crippen LogP contribution is -2.38. The topological polar surface area (TPSA) is 53.6 Å². The van der Waals surface area contributed by atoms with Crippen molar-refractivity contribution in [1.82, 2.24) is 14.9 Å². The zero-order valence-electron chi connectivity index (χ0n) is 11.9. The highest BCUT2D eigenvalue weighted by atomic mass is 35.5. The molecule has 1 fully saturated rings. The van der Waals surface area contributed by atoms with Crippen molar-refractivity contribution in [2.75, 3.05) is 13.1 Å². The first-order valence-corrected chi connectivity index (χ1v) is 7.45. The van der Waals surface area contributed by atoms with Crippen molar-refractivity contribution in [2.24, 2.45) is 0 Å². The molecule has 1 saturated heterocycles. The Bertz CT molecular complexity index is 693. The quantitative estimate of drug-likeness (QED) is 0.927. The molecule has 1 aliphatic heterocycles. The number of nitrogens with one attached hydrogen (secondary N) is 1. The smallest absolute Gasteiger partial charge is 0.101 e. The summed E-state index contributed by atoms with van der Waals surface area (Å²) in [6.07, 6.45) is 5.93. The fraction of sp³-hybridized carbons (Fsp3) is 0.375. The maximum atomic E-state index is 8.98. The van der Waals surface area contributed by atoms with Crippen LogP contribution in [0.5, 0.6) is 0 Å². The molecule has 0 saturated carbocycles. The lowest BCUT2D eigenvalue weighted by atomic mass is 9.78. The van der Waals surface area contributed by atoms with Crippen molar-refractivity contribution in [2.45, 2.75) is 25.2 Å². The molecule has 0 unspecified atom stereocenters. The van der Waals surface area contributed by atoms with Gasteiger partial charge in [0.05, 0.1) is 16.9 Å². The summed E-state index contributed by atoms with van der Waals surface area (Å²) in [7, 11) is 0. The van der Waals surface area contributed by atoms with Crippen LogP contribution in [0.25, 0.3) is 5.69 Å². The highest BCUT2D eigenvalue weighted by Crippen LogP contribution is 2.34. The van der Waals surface area contributed by atoms with Gasteiger partial charge in [0, 0.05) is 23.0 Å². The van der Waals surface area contributed by atoms with E-state index in [1.54, 1.807) is 6.07 Å². The Morgan fingerprint density at radius 2 is 2.14 bits per heavy atom. The minimum absolute atomic E-state index is 0.113. The van der Waals surface area contributed by atoms with Gasteiger partial charge in [-0.25, -0.2) is 4.98 Å². The van der Waals surface area contributed by atoms with Crippen LogP contribution in [-0.4, -0.2) is 22.6 Å². The van der Waals surface area contributed by atoms with E-state index in [9.17, 15) is 0 Å². The van der Waals surface area contributed by atoms with Crippen LogP contribution in [0.2, 0.25) is 5.02 Å². The van der Waals surface area contributed by atoms with Gasteiger partial charge in [-0.2, -0.15) is 5.26 Å². The summed E-state index contributed by atoms with van der Waals surface area (Å²) in [5, 5.41) is 12.9. The van der Waals surface area contributed by atoms with Crippen LogP contribution in [0, 0.1) is 11.3 Å². The minimum Gasteiger partial charge on any atom is -0.317 e. The van der Waals surface area contributed by atoms with Gasteiger partial charge in [-0.3, -0.25) is 0 Å². The number of hydrogen-bond donors (Lipinski definition) is 1. The van der Waals surface area contributed by atoms with Gasteiger partial charge in [-0.1, -0.05) is 18.5 Å². The fourth-order valence-electron chi connectivity index (χ4n) is 2.93. The second kappa shape index (κ2) is 5.51. The molecule has 0 aliphatic carbocycles. The van der Waals surface area contributed by atoms with E-state index in [1.807, 2.05) is 24.7 Å². The number of rotatable bonds is 2. The molecule has 1 aliphatic rings. The van der Waals surface area contributed by atoms with Gasteiger partial charge in [0.1, 0.15) is 6.07 Å². The Balaban J connectivity index is 2.03. The number of halogens is 1. The van der Waals surface area contributed by atoms with E-state index in [0.29, 0.717) is 10.6 Å². The number of piperidine rings is 1. The summed E-state index contributed by atoms with van der Waals surface area (Å²) in [6.45, 7) is 4.33. The highest BCUT2D eigenvalue weighted by molar-refractivity contribution is 6.31. The minimum atomic E-state index is 0.113. The van der Waals surface area contributed by atoms with Crippen LogP contribution in [0.3, 0.4) is 0 Å².